The zero-order chi connectivity index (χ0) is 19.3. The number of nitrogens with one attached hydrogen (secondary N) is 3. The second-order valence-electron chi connectivity index (χ2n) is 7.08. The number of hydrazine groups is 1. The predicted octanol–water partition coefficient (Wildman–Crippen LogP) is 2.01. The Hall–Kier alpha value is -3.03. The minimum atomic E-state index is -0.0783. The van der Waals surface area contributed by atoms with Crippen LogP contribution < -0.4 is 16.2 Å². The van der Waals surface area contributed by atoms with E-state index in [0.717, 1.165) is 24.2 Å². The van der Waals surface area contributed by atoms with Crippen LogP contribution in [-0.2, 0) is 6.54 Å². The van der Waals surface area contributed by atoms with Crippen LogP contribution in [0.4, 0.5) is 0 Å². The summed E-state index contributed by atoms with van der Waals surface area (Å²) in [5, 5.41) is 11.1. The molecular formula is C21H24N6O. The van der Waals surface area contributed by atoms with Crippen LogP contribution in [0.3, 0.4) is 0 Å². The van der Waals surface area contributed by atoms with E-state index in [1.165, 1.54) is 5.56 Å². The average molecular weight is 376 g/mol. The topological polar surface area (TPSA) is 83.9 Å². The molecule has 1 aliphatic rings. The van der Waals surface area contributed by atoms with Crippen LogP contribution in [0, 0.1) is 0 Å². The van der Waals surface area contributed by atoms with Crippen LogP contribution >= 0.6 is 0 Å². The van der Waals surface area contributed by atoms with Crippen molar-refractivity contribution in [2.75, 3.05) is 13.1 Å². The molecule has 2 aromatic carbocycles. The predicted molar refractivity (Wildman–Crippen MR) is 107 cm³/mol. The Morgan fingerprint density at radius 1 is 1.21 bits per heavy atom. The first-order valence-electron chi connectivity index (χ1n) is 9.49. The van der Waals surface area contributed by atoms with Crippen LogP contribution in [0.15, 0.2) is 60.9 Å². The minimum absolute atomic E-state index is 0.0598. The molecule has 0 radical (unpaired) electrons. The van der Waals surface area contributed by atoms with Crippen LogP contribution in [-0.4, -0.2) is 34.0 Å². The molecular weight excluding hydrogens is 352 g/mol. The molecule has 1 aromatic heterocycles. The van der Waals surface area contributed by atoms with Crippen molar-refractivity contribution in [2.45, 2.75) is 25.4 Å². The monoisotopic (exact) mass is 376 g/mol. The van der Waals surface area contributed by atoms with Gasteiger partial charge in [0.25, 0.3) is 5.91 Å². The lowest BCUT2D eigenvalue weighted by atomic mass is 9.93. The Labute approximate surface area is 164 Å². The molecule has 0 aliphatic carbocycles. The normalized spacial score (nSPS) is 15.5. The Bertz CT molecular complexity index is 919. The molecule has 1 saturated heterocycles. The molecule has 0 spiro atoms. The van der Waals surface area contributed by atoms with E-state index in [0.29, 0.717) is 18.0 Å². The van der Waals surface area contributed by atoms with Crippen molar-refractivity contribution >= 4 is 5.91 Å². The summed E-state index contributed by atoms with van der Waals surface area (Å²) in [5.41, 5.74) is 10.4. The molecule has 2 heterocycles. The van der Waals surface area contributed by atoms with Gasteiger partial charge >= 0.3 is 0 Å². The van der Waals surface area contributed by atoms with Crippen molar-refractivity contribution in [2.24, 2.45) is 0 Å². The van der Waals surface area contributed by atoms with Gasteiger partial charge in [0.15, 0.2) is 0 Å². The third kappa shape index (κ3) is 4.11. The third-order valence-corrected chi connectivity index (χ3v) is 5.12. The molecule has 1 amide bonds. The van der Waals surface area contributed by atoms with Gasteiger partial charge in [-0.25, -0.2) is 4.68 Å². The zero-order valence-electron chi connectivity index (χ0n) is 15.8. The number of hydrogen-bond acceptors (Lipinski definition) is 5. The van der Waals surface area contributed by atoms with Gasteiger partial charge in [-0.1, -0.05) is 41.6 Å². The number of aromatic nitrogens is 3. The van der Waals surface area contributed by atoms with Crippen LogP contribution in [0.2, 0.25) is 0 Å². The van der Waals surface area contributed by atoms with Crippen molar-refractivity contribution in [1.29, 1.82) is 0 Å². The van der Waals surface area contributed by atoms with Gasteiger partial charge in [-0.05, 0) is 35.7 Å². The average Bonchev–Trinajstić information content (AvgIpc) is 3.43. The van der Waals surface area contributed by atoms with E-state index in [1.54, 1.807) is 10.9 Å². The molecule has 28 heavy (non-hydrogen) atoms. The summed E-state index contributed by atoms with van der Waals surface area (Å²) in [6.07, 6.45) is 3.50. The highest BCUT2D eigenvalue weighted by Crippen LogP contribution is 2.24. The highest BCUT2D eigenvalue weighted by molar-refractivity contribution is 5.94. The van der Waals surface area contributed by atoms with Crippen LogP contribution in [0.5, 0.6) is 0 Å². The number of rotatable bonds is 6. The van der Waals surface area contributed by atoms with Crippen molar-refractivity contribution in [3.8, 4) is 0 Å². The van der Waals surface area contributed by atoms with Crippen molar-refractivity contribution < 1.29 is 4.79 Å². The lowest BCUT2D eigenvalue weighted by Crippen LogP contribution is -2.27. The Kier molecular flexibility index (Phi) is 5.45. The maximum absolute atomic E-state index is 12.8. The highest BCUT2D eigenvalue weighted by Gasteiger charge is 2.21. The van der Waals surface area contributed by atoms with Gasteiger partial charge < -0.3 is 5.32 Å². The maximum Gasteiger partial charge on any atom is 0.251 e. The Balaban J connectivity index is 1.57. The van der Waals surface area contributed by atoms with E-state index in [1.807, 2.05) is 55.6 Å². The molecule has 7 heteroatoms. The first kappa shape index (κ1) is 18.3. The highest BCUT2D eigenvalue weighted by atomic mass is 16.1. The van der Waals surface area contributed by atoms with Gasteiger partial charge in [0.2, 0.25) is 0 Å². The van der Waals surface area contributed by atoms with E-state index < -0.39 is 0 Å². The number of hydrogen-bond donors (Lipinski definition) is 3. The fourth-order valence-electron chi connectivity index (χ4n) is 3.56. The van der Waals surface area contributed by atoms with Gasteiger partial charge in [0.05, 0.1) is 18.8 Å². The summed E-state index contributed by atoms with van der Waals surface area (Å²) in [6, 6.07) is 15.9. The molecule has 0 saturated carbocycles. The molecule has 4 rings (SSSR count). The summed E-state index contributed by atoms with van der Waals surface area (Å²) in [4.78, 5) is 12.8. The van der Waals surface area contributed by atoms with E-state index in [4.69, 9.17) is 0 Å². The molecule has 0 bridgehead atoms. The summed E-state index contributed by atoms with van der Waals surface area (Å²) in [7, 11) is 0. The largest absolute Gasteiger partial charge is 0.346 e. The number of amides is 1. The number of nitrogens with zero attached hydrogens (tertiary/aromatic N) is 3. The van der Waals surface area contributed by atoms with Crippen LogP contribution in [0.1, 0.15) is 45.9 Å². The summed E-state index contributed by atoms with van der Waals surface area (Å²) in [6.45, 7) is 4.30. The van der Waals surface area contributed by atoms with Crippen molar-refractivity contribution in [1.82, 2.24) is 31.2 Å². The van der Waals surface area contributed by atoms with Gasteiger partial charge in [0, 0.05) is 30.8 Å². The van der Waals surface area contributed by atoms with Gasteiger partial charge in [-0.3, -0.25) is 15.6 Å². The van der Waals surface area contributed by atoms with Gasteiger partial charge in [0.1, 0.15) is 0 Å². The van der Waals surface area contributed by atoms with Crippen LogP contribution in [0.25, 0.3) is 0 Å². The quantitative estimate of drug-likeness (QED) is 0.613. The lowest BCUT2D eigenvalue weighted by molar-refractivity contribution is 0.0939. The first-order chi connectivity index (χ1) is 13.7. The smallest absolute Gasteiger partial charge is 0.251 e. The number of carbonyl (C=O) groups is 1. The summed E-state index contributed by atoms with van der Waals surface area (Å²) >= 11 is 0. The number of carbonyl (C=O) groups excluding carboxylic acids is 1. The summed E-state index contributed by atoms with van der Waals surface area (Å²) < 4.78 is 1.78. The van der Waals surface area contributed by atoms with Crippen molar-refractivity contribution in [3.05, 3.63) is 83.2 Å². The molecule has 1 fully saturated rings. The molecule has 144 valence electrons. The van der Waals surface area contributed by atoms with Gasteiger partial charge in [-0.15, -0.1) is 5.10 Å². The minimum Gasteiger partial charge on any atom is -0.346 e. The third-order valence-electron chi connectivity index (χ3n) is 5.12. The fourth-order valence-corrected chi connectivity index (χ4v) is 3.56. The van der Waals surface area contributed by atoms with E-state index in [2.05, 4.69) is 32.5 Å². The SMILES string of the molecule is C[C@@H](NC(=O)c1ccc(C2CNNC2)c(Cn2ccnn2)c1)c1ccccc1. The molecule has 1 aliphatic heterocycles. The number of benzene rings is 2. The second kappa shape index (κ2) is 8.33. The lowest BCUT2D eigenvalue weighted by Gasteiger charge is -2.18. The molecule has 3 aromatic rings. The summed E-state index contributed by atoms with van der Waals surface area (Å²) in [5.74, 6) is 0.282. The van der Waals surface area contributed by atoms with Gasteiger partial charge in [-0.2, -0.15) is 0 Å². The molecule has 7 nitrogen and oxygen atoms in total. The first-order valence-corrected chi connectivity index (χ1v) is 9.49. The molecule has 3 N–H and O–H groups in total. The zero-order valence-corrected chi connectivity index (χ0v) is 15.8. The fraction of sp³-hybridized carbons (Fsp3) is 0.286. The van der Waals surface area contributed by atoms with E-state index in [-0.39, 0.29) is 11.9 Å². The Morgan fingerprint density at radius 3 is 2.71 bits per heavy atom. The standard InChI is InChI=1S/C21H24N6O/c1-15(16-5-3-2-4-6-16)25-21(28)17-7-8-20(19-12-23-24-13-19)18(11-17)14-27-10-9-22-26-27/h2-11,15,19,23-24H,12-14H2,1H3,(H,25,28)/t15-/m1/s1. The second-order valence-corrected chi connectivity index (χ2v) is 7.08. The molecule has 1 atom stereocenters. The maximum atomic E-state index is 12.8. The van der Waals surface area contributed by atoms with Crippen molar-refractivity contribution in [3.63, 3.8) is 0 Å². The molecule has 0 unspecified atom stereocenters. The van der Waals surface area contributed by atoms with E-state index in [9.17, 15) is 4.79 Å². The van der Waals surface area contributed by atoms with E-state index >= 15 is 0 Å². The Morgan fingerprint density at radius 2 is 2.00 bits per heavy atom.